The van der Waals surface area contributed by atoms with Crippen molar-refractivity contribution in [2.45, 2.75) is 13.0 Å². The lowest BCUT2D eigenvalue weighted by atomic mass is 10.1. The standard InChI is InChI=1S/C29H22ClN3O3/c30-22-14-10-21(11-15-22)19-32-26-9-5-4-8-25(26)28(35)33(29(32)36)24-16-12-20(13-17-24)18-27(34)31-23-6-2-1-3-7-23/h1-17H,18-19H2,(H,31,34). The second-order valence-corrected chi connectivity index (χ2v) is 8.85. The highest BCUT2D eigenvalue weighted by Crippen LogP contribution is 2.15. The van der Waals surface area contributed by atoms with Crippen molar-refractivity contribution < 1.29 is 4.79 Å². The lowest BCUT2D eigenvalue weighted by molar-refractivity contribution is -0.115. The summed E-state index contributed by atoms with van der Waals surface area (Å²) in [5, 5.41) is 3.91. The number of rotatable bonds is 6. The predicted molar refractivity (Wildman–Crippen MR) is 143 cm³/mol. The first-order valence-electron chi connectivity index (χ1n) is 11.4. The summed E-state index contributed by atoms with van der Waals surface area (Å²) >= 11 is 6.01. The number of nitrogens with zero attached hydrogens (tertiary/aromatic N) is 2. The van der Waals surface area contributed by atoms with Gasteiger partial charge in [0.05, 0.1) is 29.6 Å². The van der Waals surface area contributed by atoms with Crippen LogP contribution in [0.5, 0.6) is 0 Å². The average molecular weight is 496 g/mol. The molecule has 1 N–H and O–H groups in total. The van der Waals surface area contributed by atoms with Gasteiger partial charge in [0.2, 0.25) is 5.91 Å². The van der Waals surface area contributed by atoms with E-state index in [1.54, 1.807) is 65.2 Å². The molecular weight excluding hydrogens is 474 g/mol. The summed E-state index contributed by atoms with van der Waals surface area (Å²) in [6, 6.07) is 30.4. The van der Waals surface area contributed by atoms with Crippen molar-refractivity contribution in [1.29, 1.82) is 0 Å². The maximum Gasteiger partial charge on any atom is 0.336 e. The maximum absolute atomic E-state index is 13.6. The Balaban J connectivity index is 1.49. The van der Waals surface area contributed by atoms with Crippen molar-refractivity contribution in [2.24, 2.45) is 0 Å². The summed E-state index contributed by atoms with van der Waals surface area (Å²) in [7, 11) is 0. The molecular formula is C29H22ClN3O3. The van der Waals surface area contributed by atoms with Crippen LogP contribution in [0.2, 0.25) is 5.02 Å². The first-order valence-corrected chi connectivity index (χ1v) is 11.8. The fraction of sp³-hybridized carbons (Fsp3) is 0.0690. The normalized spacial score (nSPS) is 10.9. The molecule has 0 saturated carbocycles. The number of hydrogen-bond donors (Lipinski definition) is 1. The second kappa shape index (κ2) is 10.1. The number of benzene rings is 4. The fourth-order valence-electron chi connectivity index (χ4n) is 4.15. The third-order valence-corrected chi connectivity index (χ3v) is 6.17. The van der Waals surface area contributed by atoms with E-state index in [2.05, 4.69) is 5.32 Å². The van der Waals surface area contributed by atoms with E-state index in [1.807, 2.05) is 42.5 Å². The number of hydrogen-bond acceptors (Lipinski definition) is 3. The zero-order chi connectivity index (χ0) is 25.1. The predicted octanol–water partition coefficient (Wildman–Crippen LogP) is 5.04. The minimum Gasteiger partial charge on any atom is -0.326 e. The molecule has 1 heterocycles. The van der Waals surface area contributed by atoms with Crippen LogP contribution in [0.3, 0.4) is 0 Å². The van der Waals surface area contributed by atoms with Gasteiger partial charge in [0.25, 0.3) is 5.56 Å². The van der Waals surface area contributed by atoms with Crippen LogP contribution in [0, 0.1) is 0 Å². The molecule has 0 aliphatic rings. The van der Waals surface area contributed by atoms with Gasteiger partial charge in [0.1, 0.15) is 0 Å². The highest BCUT2D eigenvalue weighted by atomic mass is 35.5. The van der Waals surface area contributed by atoms with Crippen LogP contribution in [-0.4, -0.2) is 15.0 Å². The monoisotopic (exact) mass is 495 g/mol. The van der Waals surface area contributed by atoms with Crippen LogP contribution in [0.1, 0.15) is 11.1 Å². The SMILES string of the molecule is O=C(Cc1ccc(-n2c(=O)c3ccccc3n(Cc3ccc(Cl)cc3)c2=O)cc1)Nc1ccccc1. The molecule has 5 aromatic rings. The van der Waals surface area contributed by atoms with Crippen LogP contribution in [0.25, 0.3) is 16.6 Å². The number of para-hydroxylation sites is 2. The van der Waals surface area contributed by atoms with Gasteiger partial charge < -0.3 is 5.32 Å². The topological polar surface area (TPSA) is 73.1 Å². The number of halogens is 1. The summed E-state index contributed by atoms with van der Waals surface area (Å²) in [6.07, 6.45) is 0.169. The lowest BCUT2D eigenvalue weighted by Gasteiger charge is -2.15. The number of nitrogens with one attached hydrogen (secondary N) is 1. The molecule has 7 heteroatoms. The Kier molecular flexibility index (Phi) is 6.52. The van der Waals surface area contributed by atoms with Crippen LogP contribution in [0.4, 0.5) is 5.69 Å². The third kappa shape index (κ3) is 4.85. The smallest absolute Gasteiger partial charge is 0.326 e. The van der Waals surface area contributed by atoms with Crippen molar-refractivity contribution >= 4 is 34.1 Å². The number of carbonyl (C=O) groups is 1. The summed E-state index contributed by atoms with van der Waals surface area (Å²) in [4.78, 5) is 39.3. The zero-order valence-corrected chi connectivity index (χ0v) is 20.0. The van der Waals surface area contributed by atoms with Gasteiger partial charge in [-0.2, -0.15) is 0 Å². The van der Waals surface area contributed by atoms with E-state index >= 15 is 0 Å². The highest BCUT2D eigenvalue weighted by Gasteiger charge is 2.15. The fourth-order valence-corrected chi connectivity index (χ4v) is 4.27. The zero-order valence-electron chi connectivity index (χ0n) is 19.2. The van der Waals surface area contributed by atoms with Crippen LogP contribution in [0.15, 0.2) is 113 Å². The van der Waals surface area contributed by atoms with Gasteiger partial charge in [-0.05, 0) is 59.7 Å². The molecule has 6 nitrogen and oxygen atoms in total. The van der Waals surface area contributed by atoms with Gasteiger partial charge in [0, 0.05) is 10.7 Å². The first kappa shape index (κ1) is 23.3. The Morgan fingerprint density at radius 2 is 1.39 bits per heavy atom. The molecule has 0 unspecified atom stereocenters. The van der Waals surface area contributed by atoms with Crippen LogP contribution >= 0.6 is 11.6 Å². The molecule has 0 bridgehead atoms. The second-order valence-electron chi connectivity index (χ2n) is 8.41. The third-order valence-electron chi connectivity index (χ3n) is 5.92. The molecule has 1 aromatic heterocycles. The van der Waals surface area contributed by atoms with Crippen molar-refractivity contribution in [3.8, 4) is 5.69 Å². The summed E-state index contributed by atoms with van der Waals surface area (Å²) in [6.45, 7) is 0.286. The molecule has 1 amide bonds. The molecule has 178 valence electrons. The number of aromatic nitrogens is 2. The van der Waals surface area contributed by atoms with E-state index in [0.29, 0.717) is 21.6 Å². The Morgan fingerprint density at radius 3 is 2.11 bits per heavy atom. The summed E-state index contributed by atoms with van der Waals surface area (Å²) in [5.41, 5.74) is 2.55. The lowest BCUT2D eigenvalue weighted by Crippen LogP contribution is -2.39. The van der Waals surface area contributed by atoms with E-state index in [4.69, 9.17) is 11.6 Å². The van der Waals surface area contributed by atoms with Gasteiger partial charge in [0.15, 0.2) is 0 Å². The van der Waals surface area contributed by atoms with Gasteiger partial charge in [-0.15, -0.1) is 0 Å². The van der Waals surface area contributed by atoms with Crippen molar-refractivity contribution in [1.82, 2.24) is 9.13 Å². The molecule has 0 atom stereocenters. The molecule has 5 rings (SSSR count). The number of carbonyl (C=O) groups excluding carboxylic acids is 1. The first-order chi connectivity index (χ1) is 17.5. The Morgan fingerprint density at radius 1 is 0.750 bits per heavy atom. The summed E-state index contributed by atoms with van der Waals surface area (Å²) < 4.78 is 2.76. The largest absolute Gasteiger partial charge is 0.336 e. The van der Waals surface area contributed by atoms with Gasteiger partial charge >= 0.3 is 5.69 Å². The van der Waals surface area contributed by atoms with E-state index in [1.165, 1.54) is 4.57 Å². The van der Waals surface area contributed by atoms with Gasteiger partial charge in [-0.3, -0.25) is 14.2 Å². The van der Waals surface area contributed by atoms with E-state index < -0.39 is 11.2 Å². The van der Waals surface area contributed by atoms with Gasteiger partial charge in [-0.1, -0.05) is 66.2 Å². The molecule has 0 saturated heterocycles. The van der Waals surface area contributed by atoms with E-state index in [9.17, 15) is 14.4 Å². The number of amides is 1. The highest BCUT2D eigenvalue weighted by molar-refractivity contribution is 6.30. The number of fused-ring (bicyclic) bond motifs is 1. The molecule has 0 radical (unpaired) electrons. The molecule has 0 fully saturated rings. The van der Waals surface area contributed by atoms with Crippen molar-refractivity contribution in [2.75, 3.05) is 5.32 Å². The Labute approximate surface area is 212 Å². The molecule has 36 heavy (non-hydrogen) atoms. The minimum atomic E-state index is -0.441. The van der Waals surface area contributed by atoms with E-state index in [0.717, 1.165) is 16.8 Å². The number of anilines is 1. The Hall–Kier alpha value is -4.42. The quantitative estimate of drug-likeness (QED) is 0.359. The van der Waals surface area contributed by atoms with Gasteiger partial charge in [-0.25, -0.2) is 9.36 Å². The average Bonchev–Trinajstić information content (AvgIpc) is 2.89. The van der Waals surface area contributed by atoms with Crippen LogP contribution < -0.4 is 16.6 Å². The van der Waals surface area contributed by atoms with Crippen molar-refractivity contribution in [3.05, 3.63) is 140 Å². The maximum atomic E-state index is 13.6. The minimum absolute atomic E-state index is 0.151. The van der Waals surface area contributed by atoms with Crippen molar-refractivity contribution in [3.63, 3.8) is 0 Å². The van der Waals surface area contributed by atoms with E-state index in [-0.39, 0.29) is 18.9 Å². The summed E-state index contributed by atoms with van der Waals surface area (Å²) in [5.74, 6) is -0.151. The molecule has 4 aromatic carbocycles. The molecule has 0 aliphatic carbocycles. The Bertz CT molecular complexity index is 1660. The molecule has 0 aliphatic heterocycles. The molecule has 0 spiro atoms. The van der Waals surface area contributed by atoms with Crippen LogP contribution in [-0.2, 0) is 17.8 Å².